The van der Waals surface area contributed by atoms with Gasteiger partial charge in [-0.25, -0.2) is 9.02 Å². The Morgan fingerprint density at radius 3 is 3.11 bits per heavy atom. The molecular formula is C16H15FN6O3S. The smallest absolute Gasteiger partial charge is 0.220 e. The molecule has 3 rings (SSSR count). The van der Waals surface area contributed by atoms with Crippen LogP contribution in [0.2, 0.25) is 0 Å². The Kier molecular flexibility index (Phi) is 5.87. The summed E-state index contributed by atoms with van der Waals surface area (Å²) in [5.41, 5.74) is 0.373. The maximum Gasteiger partial charge on any atom is 0.220 e. The van der Waals surface area contributed by atoms with Gasteiger partial charge < -0.3 is 15.8 Å². The minimum absolute atomic E-state index is 0.0524. The summed E-state index contributed by atoms with van der Waals surface area (Å²) in [6, 6.07) is 5.67. The quantitative estimate of drug-likeness (QED) is 0.224. The Bertz CT molecular complexity index is 910. The fourth-order valence-corrected chi connectivity index (χ4v) is 3.52. The Morgan fingerprint density at radius 2 is 2.41 bits per heavy atom. The SMILES string of the molecule is N#Cc1cc(N/C(=N\O)c2nonc2SCC[C@@H]2CCC(=O)N2)ccc1F. The zero-order chi connectivity index (χ0) is 19.2. The zero-order valence-corrected chi connectivity index (χ0v) is 14.8. The Labute approximate surface area is 157 Å². The molecule has 0 unspecified atom stereocenters. The highest BCUT2D eigenvalue weighted by molar-refractivity contribution is 7.99. The monoisotopic (exact) mass is 390 g/mol. The first-order valence-corrected chi connectivity index (χ1v) is 9.03. The van der Waals surface area contributed by atoms with Crippen molar-refractivity contribution in [3.63, 3.8) is 0 Å². The highest BCUT2D eigenvalue weighted by Gasteiger charge is 2.22. The Balaban J connectivity index is 1.65. The van der Waals surface area contributed by atoms with E-state index in [4.69, 9.17) is 9.89 Å². The maximum absolute atomic E-state index is 13.4. The molecule has 1 amide bonds. The van der Waals surface area contributed by atoms with Gasteiger partial charge in [0.25, 0.3) is 0 Å². The van der Waals surface area contributed by atoms with Crippen molar-refractivity contribution < 1.29 is 19.0 Å². The van der Waals surface area contributed by atoms with Gasteiger partial charge in [-0.2, -0.15) is 5.26 Å². The Morgan fingerprint density at radius 1 is 1.56 bits per heavy atom. The third kappa shape index (κ3) is 4.53. The molecule has 3 N–H and O–H groups in total. The van der Waals surface area contributed by atoms with Crippen LogP contribution in [0.4, 0.5) is 10.1 Å². The average Bonchev–Trinajstić information content (AvgIpc) is 3.30. The minimum Gasteiger partial charge on any atom is -0.409 e. The number of nitriles is 1. The lowest BCUT2D eigenvalue weighted by Gasteiger charge is -2.09. The average molecular weight is 390 g/mol. The van der Waals surface area contributed by atoms with Gasteiger partial charge in [0.1, 0.15) is 11.9 Å². The maximum atomic E-state index is 13.4. The molecule has 0 bridgehead atoms. The second-order valence-corrected chi connectivity index (χ2v) is 6.82. The van der Waals surface area contributed by atoms with Crippen molar-refractivity contribution in [2.24, 2.45) is 5.16 Å². The zero-order valence-electron chi connectivity index (χ0n) is 14.0. The molecule has 1 aliphatic heterocycles. The summed E-state index contributed by atoms with van der Waals surface area (Å²) < 4.78 is 18.2. The van der Waals surface area contributed by atoms with Crippen molar-refractivity contribution in [3.8, 4) is 6.07 Å². The van der Waals surface area contributed by atoms with Gasteiger partial charge in [0.2, 0.25) is 11.7 Å². The molecule has 1 aromatic carbocycles. The summed E-state index contributed by atoms with van der Waals surface area (Å²) in [5.74, 6) is 0.0102. The number of amides is 1. The molecule has 2 heterocycles. The number of amidine groups is 1. The molecule has 1 aliphatic rings. The van der Waals surface area contributed by atoms with Crippen molar-refractivity contribution in [1.82, 2.24) is 15.6 Å². The van der Waals surface area contributed by atoms with Crippen molar-refractivity contribution in [3.05, 3.63) is 35.3 Å². The van der Waals surface area contributed by atoms with E-state index in [1.54, 1.807) is 6.07 Å². The van der Waals surface area contributed by atoms with Crippen LogP contribution in [-0.4, -0.2) is 39.1 Å². The summed E-state index contributed by atoms with van der Waals surface area (Å²) in [4.78, 5) is 11.2. The topological polar surface area (TPSA) is 136 Å². The molecule has 1 atom stereocenters. The third-order valence-electron chi connectivity index (χ3n) is 3.92. The first kappa shape index (κ1) is 18.7. The lowest BCUT2D eigenvalue weighted by atomic mass is 10.2. The summed E-state index contributed by atoms with van der Waals surface area (Å²) in [6.07, 6.45) is 2.10. The van der Waals surface area contributed by atoms with Crippen molar-refractivity contribution in [2.45, 2.75) is 30.3 Å². The molecule has 140 valence electrons. The first-order chi connectivity index (χ1) is 13.1. The van der Waals surface area contributed by atoms with Crippen LogP contribution in [0.3, 0.4) is 0 Å². The Hall–Kier alpha value is -3.13. The number of rotatable bonds is 6. The van der Waals surface area contributed by atoms with E-state index in [1.165, 1.54) is 23.9 Å². The number of oxime groups is 1. The van der Waals surface area contributed by atoms with Gasteiger partial charge in [0.05, 0.1) is 5.56 Å². The van der Waals surface area contributed by atoms with E-state index >= 15 is 0 Å². The van der Waals surface area contributed by atoms with Gasteiger partial charge in [-0.3, -0.25) is 4.79 Å². The van der Waals surface area contributed by atoms with E-state index in [1.807, 2.05) is 0 Å². The van der Waals surface area contributed by atoms with Crippen LogP contribution >= 0.6 is 11.8 Å². The van der Waals surface area contributed by atoms with Gasteiger partial charge in [0, 0.05) is 23.9 Å². The van der Waals surface area contributed by atoms with Gasteiger partial charge in [-0.15, -0.1) is 11.8 Å². The van der Waals surface area contributed by atoms with Crippen LogP contribution in [0.1, 0.15) is 30.5 Å². The number of benzene rings is 1. The summed E-state index contributed by atoms with van der Waals surface area (Å²) in [7, 11) is 0. The van der Waals surface area contributed by atoms with Crippen molar-refractivity contribution >= 4 is 29.2 Å². The fraction of sp³-hybridized carbons (Fsp3) is 0.312. The van der Waals surface area contributed by atoms with Crippen LogP contribution in [0.15, 0.2) is 33.0 Å². The van der Waals surface area contributed by atoms with Crippen LogP contribution in [-0.2, 0) is 4.79 Å². The molecule has 0 saturated carbocycles. The normalized spacial score (nSPS) is 16.8. The van der Waals surface area contributed by atoms with E-state index in [0.717, 1.165) is 18.9 Å². The molecule has 9 nitrogen and oxygen atoms in total. The molecule has 0 radical (unpaired) electrons. The van der Waals surface area contributed by atoms with E-state index in [9.17, 15) is 14.4 Å². The predicted molar refractivity (Wildman–Crippen MR) is 93.9 cm³/mol. The molecule has 2 aromatic rings. The number of thioether (sulfide) groups is 1. The second kappa shape index (κ2) is 8.50. The summed E-state index contributed by atoms with van der Waals surface area (Å²) in [5, 5.41) is 35.0. The predicted octanol–water partition coefficient (Wildman–Crippen LogP) is 2.09. The number of hydrogen-bond acceptors (Lipinski definition) is 8. The standard InChI is InChI=1S/C16H15FN6O3S/c17-12-3-1-11(7-9(12)8-18)20-15(21-25)14-16(23-26-22-14)27-6-5-10-2-4-13(24)19-10/h1,3,7,10,25H,2,4-6H2,(H,19,24)(H,20,21)/t10-/m0/s1. The number of nitrogens with zero attached hydrogens (tertiary/aromatic N) is 4. The van der Waals surface area contributed by atoms with Gasteiger partial charge >= 0.3 is 0 Å². The van der Waals surface area contributed by atoms with E-state index < -0.39 is 5.82 Å². The minimum atomic E-state index is -0.649. The molecule has 1 fully saturated rings. The number of aromatic nitrogens is 2. The van der Waals surface area contributed by atoms with Crippen LogP contribution in [0.25, 0.3) is 0 Å². The van der Waals surface area contributed by atoms with Crippen molar-refractivity contribution in [1.29, 1.82) is 5.26 Å². The highest BCUT2D eigenvalue weighted by Crippen LogP contribution is 2.23. The lowest BCUT2D eigenvalue weighted by molar-refractivity contribution is -0.119. The second-order valence-electron chi connectivity index (χ2n) is 5.74. The lowest BCUT2D eigenvalue weighted by Crippen LogP contribution is -2.25. The van der Waals surface area contributed by atoms with Crippen molar-refractivity contribution in [2.75, 3.05) is 11.1 Å². The third-order valence-corrected chi connectivity index (χ3v) is 4.90. The number of carbonyl (C=O) groups excluding carboxylic acids is 1. The van der Waals surface area contributed by atoms with Gasteiger partial charge in [-0.1, -0.05) is 5.16 Å². The molecule has 27 heavy (non-hydrogen) atoms. The van der Waals surface area contributed by atoms with E-state index in [-0.39, 0.29) is 29.0 Å². The van der Waals surface area contributed by atoms with E-state index in [0.29, 0.717) is 22.9 Å². The van der Waals surface area contributed by atoms with Gasteiger partial charge in [-0.05, 0) is 41.4 Å². The van der Waals surface area contributed by atoms with E-state index in [2.05, 4.69) is 26.1 Å². The van der Waals surface area contributed by atoms with Crippen LogP contribution in [0.5, 0.6) is 0 Å². The van der Waals surface area contributed by atoms with Gasteiger partial charge in [0.15, 0.2) is 10.7 Å². The number of halogens is 1. The van der Waals surface area contributed by atoms with Crippen LogP contribution in [0, 0.1) is 17.1 Å². The highest BCUT2D eigenvalue weighted by atomic mass is 32.2. The molecule has 11 heteroatoms. The largest absolute Gasteiger partial charge is 0.409 e. The number of carbonyl (C=O) groups is 1. The van der Waals surface area contributed by atoms with Crippen LogP contribution < -0.4 is 10.6 Å². The molecule has 0 spiro atoms. The number of nitrogens with one attached hydrogen (secondary N) is 2. The fourth-order valence-electron chi connectivity index (χ4n) is 2.57. The number of hydrogen-bond donors (Lipinski definition) is 3. The first-order valence-electron chi connectivity index (χ1n) is 8.04. The summed E-state index contributed by atoms with van der Waals surface area (Å²) in [6.45, 7) is 0. The molecule has 0 aliphatic carbocycles. The molecule has 1 aromatic heterocycles. The molecular weight excluding hydrogens is 375 g/mol. The number of anilines is 1. The summed E-state index contributed by atoms with van der Waals surface area (Å²) >= 11 is 1.34. The molecule has 1 saturated heterocycles.